The van der Waals surface area contributed by atoms with E-state index in [9.17, 15) is 25.3 Å². The van der Waals surface area contributed by atoms with Crippen LogP contribution < -0.4 is 10.5 Å². The summed E-state index contributed by atoms with van der Waals surface area (Å²) in [6.45, 7) is 0. The van der Waals surface area contributed by atoms with Crippen molar-refractivity contribution in [2.45, 2.75) is 0 Å². The molecule has 3 N–H and O–H groups in total. The van der Waals surface area contributed by atoms with Gasteiger partial charge in [-0.1, -0.05) is 0 Å². The molecule has 0 heterocycles. The zero-order chi connectivity index (χ0) is 15.6. The van der Waals surface area contributed by atoms with Crippen molar-refractivity contribution in [3.8, 4) is 17.2 Å². The molecule has 0 saturated heterocycles. The molecule has 2 aromatic rings. The number of phenolic OH excluding ortho intramolecular Hbond substituents is 1. The zero-order valence-corrected chi connectivity index (χ0v) is 10.4. The van der Waals surface area contributed by atoms with Crippen LogP contribution in [-0.4, -0.2) is 15.0 Å². The van der Waals surface area contributed by atoms with Gasteiger partial charge in [-0.15, -0.1) is 0 Å². The molecule has 0 atom stereocenters. The van der Waals surface area contributed by atoms with Gasteiger partial charge in [0.05, 0.1) is 22.0 Å². The summed E-state index contributed by atoms with van der Waals surface area (Å²) in [5.74, 6) is -0.356. The summed E-state index contributed by atoms with van der Waals surface area (Å²) < 4.78 is 5.29. The molecule has 2 rings (SSSR count). The second kappa shape index (κ2) is 5.33. The second-order valence-corrected chi connectivity index (χ2v) is 3.99. The summed E-state index contributed by atoms with van der Waals surface area (Å²) >= 11 is 0. The molecular weight excluding hydrogens is 282 g/mol. The van der Waals surface area contributed by atoms with Crippen molar-refractivity contribution in [2.75, 3.05) is 5.73 Å². The van der Waals surface area contributed by atoms with E-state index in [0.717, 1.165) is 18.2 Å². The third-order valence-electron chi connectivity index (χ3n) is 2.58. The number of phenols is 1. The second-order valence-electron chi connectivity index (χ2n) is 3.99. The first-order chi connectivity index (χ1) is 9.88. The van der Waals surface area contributed by atoms with Gasteiger partial charge in [-0.3, -0.25) is 20.2 Å². The molecule has 0 unspecified atom stereocenters. The Balaban J connectivity index is 2.34. The van der Waals surface area contributed by atoms with Crippen LogP contribution in [0.2, 0.25) is 0 Å². The fraction of sp³-hybridized carbons (Fsp3) is 0. The molecule has 0 aliphatic rings. The van der Waals surface area contributed by atoms with E-state index in [1.807, 2.05) is 0 Å². The number of nitrogens with zero attached hydrogens (tertiary/aromatic N) is 2. The van der Waals surface area contributed by atoms with Gasteiger partial charge in [0, 0.05) is 0 Å². The average molecular weight is 291 g/mol. The van der Waals surface area contributed by atoms with Crippen LogP contribution in [0.25, 0.3) is 0 Å². The van der Waals surface area contributed by atoms with Crippen molar-refractivity contribution in [3.63, 3.8) is 0 Å². The van der Waals surface area contributed by atoms with E-state index in [2.05, 4.69) is 0 Å². The molecule has 0 aromatic heterocycles. The largest absolute Gasteiger partial charge is 0.502 e. The first-order valence-electron chi connectivity index (χ1n) is 5.57. The maximum atomic E-state index is 10.8. The van der Waals surface area contributed by atoms with Crippen LogP contribution in [0.4, 0.5) is 17.1 Å². The maximum Gasteiger partial charge on any atom is 0.314 e. The molecule has 0 amide bonds. The van der Waals surface area contributed by atoms with Crippen molar-refractivity contribution in [1.82, 2.24) is 0 Å². The van der Waals surface area contributed by atoms with Gasteiger partial charge in [0.25, 0.3) is 5.69 Å². The standard InChI is InChI=1S/C12H9N3O6/c13-9-3-1-7(5-10(9)14(17)18)21-8-2-4-12(16)11(6-8)15(19)20/h1-6,16H,13H2. The Kier molecular flexibility index (Phi) is 3.57. The SMILES string of the molecule is Nc1ccc(Oc2ccc(O)c([N+](=O)[O-])c2)cc1[N+](=O)[O-]. The van der Waals surface area contributed by atoms with Gasteiger partial charge in [-0.25, -0.2) is 0 Å². The minimum atomic E-state index is -0.770. The number of nitro benzene ring substituents is 2. The Morgan fingerprint density at radius 1 is 0.952 bits per heavy atom. The Morgan fingerprint density at radius 3 is 2.05 bits per heavy atom. The highest BCUT2D eigenvalue weighted by Crippen LogP contribution is 2.34. The van der Waals surface area contributed by atoms with E-state index >= 15 is 0 Å². The molecular formula is C12H9N3O6. The van der Waals surface area contributed by atoms with Gasteiger partial charge in [0.2, 0.25) is 0 Å². The molecule has 0 fully saturated rings. The zero-order valence-electron chi connectivity index (χ0n) is 10.4. The average Bonchev–Trinajstić information content (AvgIpc) is 2.42. The Morgan fingerprint density at radius 2 is 1.48 bits per heavy atom. The maximum absolute atomic E-state index is 10.8. The van der Waals surface area contributed by atoms with Gasteiger partial charge >= 0.3 is 5.69 Å². The highest BCUT2D eigenvalue weighted by molar-refractivity contribution is 5.61. The van der Waals surface area contributed by atoms with Crippen molar-refractivity contribution >= 4 is 17.1 Å². The van der Waals surface area contributed by atoms with E-state index in [1.165, 1.54) is 18.2 Å². The molecule has 0 aliphatic carbocycles. The summed E-state index contributed by atoms with van der Waals surface area (Å²) in [5, 5.41) is 30.8. The van der Waals surface area contributed by atoms with Crippen LogP contribution >= 0.6 is 0 Å². The molecule has 0 aliphatic heterocycles. The molecule has 9 heteroatoms. The van der Waals surface area contributed by atoms with Crippen LogP contribution in [-0.2, 0) is 0 Å². The number of benzene rings is 2. The van der Waals surface area contributed by atoms with Gasteiger partial charge in [-0.2, -0.15) is 0 Å². The summed E-state index contributed by atoms with van der Waals surface area (Å²) in [6.07, 6.45) is 0. The number of hydrogen-bond acceptors (Lipinski definition) is 7. The lowest BCUT2D eigenvalue weighted by atomic mass is 10.2. The number of aromatic hydroxyl groups is 1. The Labute approximate surface area is 117 Å². The normalized spacial score (nSPS) is 10.1. The van der Waals surface area contributed by atoms with E-state index < -0.39 is 21.3 Å². The Hall–Kier alpha value is -3.36. The third-order valence-corrected chi connectivity index (χ3v) is 2.58. The lowest BCUT2D eigenvalue weighted by Gasteiger charge is -2.06. The van der Waals surface area contributed by atoms with E-state index in [4.69, 9.17) is 10.5 Å². The first-order valence-corrected chi connectivity index (χ1v) is 5.57. The van der Waals surface area contributed by atoms with E-state index in [1.54, 1.807) is 0 Å². The smallest absolute Gasteiger partial charge is 0.314 e. The molecule has 2 aromatic carbocycles. The van der Waals surface area contributed by atoms with Crippen LogP contribution in [0.1, 0.15) is 0 Å². The van der Waals surface area contributed by atoms with Crippen LogP contribution in [0.5, 0.6) is 17.2 Å². The van der Waals surface area contributed by atoms with Crippen LogP contribution in [0.3, 0.4) is 0 Å². The third kappa shape index (κ3) is 2.97. The molecule has 0 radical (unpaired) electrons. The first kappa shape index (κ1) is 14.1. The molecule has 0 saturated carbocycles. The molecule has 0 bridgehead atoms. The monoisotopic (exact) mass is 291 g/mol. The highest BCUT2D eigenvalue weighted by Gasteiger charge is 2.16. The summed E-state index contributed by atoms with van der Waals surface area (Å²) in [7, 11) is 0. The van der Waals surface area contributed by atoms with Crippen molar-refractivity contribution in [3.05, 3.63) is 56.6 Å². The lowest BCUT2D eigenvalue weighted by molar-refractivity contribution is -0.385. The van der Waals surface area contributed by atoms with Crippen molar-refractivity contribution < 1.29 is 19.7 Å². The van der Waals surface area contributed by atoms with E-state index in [0.29, 0.717) is 0 Å². The van der Waals surface area contributed by atoms with Crippen molar-refractivity contribution in [1.29, 1.82) is 0 Å². The number of nitrogen functional groups attached to an aromatic ring is 1. The van der Waals surface area contributed by atoms with Gasteiger partial charge in [0.15, 0.2) is 5.75 Å². The summed E-state index contributed by atoms with van der Waals surface area (Å²) in [6, 6.07) is 7.19. The summed E-state index contributed by atoms with van der Waals surface area (Å²) in [5.41, 5.74) is 4.56. The predicted octanol–water partition coefficient (Wildman–Crippen LogP) is 2.58. The quantitative estimate of drug-likeness (QED) is 0.500. The number of nitro groups is 2. The highest BCUT2D eigenvalue weighted by atomic mass is 16.6. The van der Waals surface area contributed by atoms with E-state index in [-0.39, 0.29) is 22.9 Å². The molecule has 21 heavy (non-hydrogen) atoms. The molecule has 0 spiro atoms. The fourth-order valence-corrected chi connectivity index (χ4v) is 1.59. The number of ether oxygens (including phenoxy) is 1. The minimum absolute atomic E-state index is 0.0240. The molecule has 9 nitrogen and oxygen atoms in total. The lowest BCUT2D eigenvalue weighted by Crippen LogP contribution is -1.96. The van der Waals surface area contributed by atoms with Gasteiger partial charge in [-0.05, 0) is 24.3 Å². The molecule has 108 valence electrons. The van der Waals surface area contributed by atoms with Crippen LogP contribution in [0.15, 0.2) is 36.4 Å². The fourth-order valence-electron chi connectivity index (χ4n) is 1.59. The van der Waals surface area contributed by atoms with Gasteiger partial charge in [0.1, 0.15) is 17.2 Å². The topological polar surface area (TPSA) is 142 Å². The number of anilines is 1. The predicted molar refractivity (Wildman–Crippen MR) is 72.3 cm³/mol. The van der Waals surface area contributed by atoms with Crippen LogP contribution in [0, 0.1) is 20.2 Å². The Bertz CT molecular complexity index is 669. The van der Waals surface area contributed by atoms with Crippen molar-refractivity contribution in [2.24, 2.45) is 0 Å². The number of rotatable bonds is 4. The van der Waals surface area contributed by atoms with Gasteiger partial charge < -0.3 is 15.6 Å². The number of hydrogen-bond donors (Lipinski definition) is 2. The minimum Gasteiger partial charge on any atom is -0.502 e. The number of nitrogens with two attached hydrogens (primary N) is 1. The summed E-state index contributed by atoms with van der Waals surface area (Å²) in [4.78, 5) is 20.0.